The molecular weight excluding hydrogens is 671 g/mol. The molecule has 0 radical (unpaired) electrons. The summed E-state index contributed by atoms with van der Waals surface area (Å²) in [6.07, 6.45) is 0. The van der Waals surface area contributed by atoms with E-state index in [1.807, 2.05) is 12.1 Å². The lowest BCUT2D eigenvalue weighted by molar-refractivity contribution is 0.670. The number of rotatable bonds is 6. The third-order valence-electron chi connectivity index (χ3n) is 10.9. The van der Waals surface area contributed by atoms with E-state index in [-0.39, 0.29) is 0 Å². The molecule has 0 bridgehead atoms. The van der Waals surface area contributed by atoms with E-state index in [0.29, 0.717) is 0 Å². The van der Waals surface area contributed by atoms with E-state index in [1.165, 1.54) is 21.9 Å². The highest BCUT2D eigenvalue weighted by Gasteiger charge is 2.21. The summed E-state index contributed by atoms with van der Waals surface area (Å²) in [5, 5.41) is 6.92. The Labute approximate surface area is 317 Å². The molecule has 0 aliphatic heterocycles. The van der Waals surface area contributed by atoms with E-state index in [2.05, 4.69) is 193 Å². The molecule has 0 spiro atoms. The van der Waals surface area contributed by atoms with Crippen LogP contribution in [0.25, 0.3) is 88.0 Å². The molecule has 0 N–H and O–H groups in total. The zero-order valence-corrected chi connectivity index (χ0v) is 29.8. The lowest BCUT2D eigenvalue weighted by Crippen LogP contribution is -2.11. The van der Waals surface area contributed by atoms with Crippen LogP contribution in [0, 0.1) is 0 Å². The summed E-state index contributed by atoms with van der Waals surface area (Å²) in [7, 11) is 0. The zero-order valence-electron chi connectivity index (χ0n) is 29.8. The van der Waals surface area contributed by atoms with Crippen molar-refractivity contribution in [2.45, 2.75) is 0 Å². The van der Waals surface area contributed by atoms with Crippen molar-refractivity contribution >= 4 is 71.7 Å². The van der Waals surface area contributed by atoms with E-state index in [9.17, 15) is 0 Å². The Kier molecular flexibility index (Phi) is 7.17. The van der Waals surface area contributed by atoms with Crippen LogP contribution < -0.4 is 4.90 Å². The van der Waals surface area contributed by atoms with Gasteiger partial charge in [0.2, 0.25) is 0 Å². The number of hydrogen-bond donors (Lipinski definition) is 0. The van der Waals surface area contributed by atoms with Gasteiger partial charge < -0.3 is 13.7 Å². The summed E-state index contributed by atoms with van der Waals surface area (Å²) in [6, 6.07) is 70.8. The maximum absolute atomic E-state index is 6.75. The third-order valence-corrected chi connectivity index (χ3v) is 10.9. The first-order chi connectivity index (χ1) is 27.3. The summed E-state index contributed by atoms with van der Waals surface area (Å²) in [6.45, 7) is 0. The predicted molar refractivity (Wildman–Crippen MR) is 229 cm³/mol. The number of hydrogen-bond acceptors (Lipinski definition) is 3. The van der Waals surface area contributed by atoms with Crippen LogP contribution in [-0.4, -0.2) is 0 Å². The van der Waals surface area contributed by atoms with E-state index in [4.69, 9.17) is 8.83 Å². The Balaban J connectivity index is 1.08. The van der Waals surface area contributed by atoms with Crippen LogP contribution in [0.3, 0.4) is 0 Å². The molecule has 0 unspecified atom stereocenters. The van der Waals surface area contributed by atoms with Gasteiger partial charge in [0.15, 0.2) is 0 Å². The van der Waals surface area contributed by atoms with Gasteiger partial charge in [-0.2, -0.15) is 0 Å². The van der Waals surface area contributed by atoms with Crippen LogP contribution in [0.4, 0.5) is 17.1 Å². The topological polar surface area (TPSA) is 29.5 Å². The Hall–Kier alpha value is -7.36. The summed E-state index contributed by atoms with van der Waals surface area (Å²) in [5.74, 6) is 0. The van der Waals surface area contributed by atoms with Crippen LogP contribution in [-0.2, 0) is 0 Å². The fraction of sp³-hybridized carbons (Fsp3) is 0. The zero-order chi connectivity index (χ0) is 36.3. The minimum atomic E-state index is 0.884. The number of para-hydroxylation sites is 4. The predicted octanol–water partition coefficient (Wildman–Crippen LogP) is 15.1. The van der Waals surface area contributed by atoms with Crippen LogP contribution in [0.2, 0.25) is 0 Å². The largest absolute Gasteiger partial charge is 0.455 e. The smallest absolute Gasteiger partial charge is 0.143 e. The van der Waals surface area contributed by atoms with Crippen molar-refractivity contribution in [2.24, 2.45) is 0 Å². The SMILES string of the molecule is c1ccc(-c2ccc(N(c3ccc(-c4cccc5c4oc4ccccc45)cc3)c3ccccc3-c3cccc4c3oc3ccc5ccccc5c34)cc2)cc1. The number of furan rings is 2. The Morgan fingerprint density at radius 3 is 1.69 bits per heavy atom. The second-order valence-electron chi connectivity index (χ2n) is 14.0. The first-order valence-electron chi connectivity index (χ1n) is 18.7. The molecule has 55 heavy (non-hydrogen) atoms. The number of nitrogens with zero attached hydrogens (tertiary/aromatic N) is 1. The highest BCUT2D eigenvalue weighted by Crippen LogP contribution is 2.46. The monoisotopic (exact) mass is 703 g/mol. The van der Waals surface area contributed by atoms with Crippen molar-refractivity contribution in [1.29, 1.82) is 0 Å². The highest BCUT2D eigenvalue weighted by atomic mass is 16.3. The highest BCUT2D eigenvalue weighted by molar-refractivity contribution is 6.21. The molecule has 2 heterocycles. The molecule has 2 aromatic heterocycles. The first kappa shape index (κ1) is 31.2. The molecule has 0 saturated heterocycles. The minimum Gasteiger partial charge on any atom is -0.455 e. The fourth-order valence-corrected chi connectivity index (χ4v) is 8.30. The van der Waals surface area contributed by atoms with E-state index in [0.717, 1.165) is 83.2 Å². The summed E-state index contributed by atoms with van der Waals surface area (Å²) in [5.41, 5.74) is 13.4. The third kappa shape index (κ3) is 5.13. The lowest BCUT2D eigenvalue weighted by Gasteiger charge is -2.28. The Morgan fingerprint density at radius 1 is 0.309 bits per heavy atom. The quantitative estimate of drug-likeness (QED) is 0.173. The van der Waals surface area contributed by atoms with Crippen molar-refractivity contribution in [3.8, 4) is 33.4 Å². The normalized spacial score (nSPS) is 11.6. The van der Waals surface area contributed by atoms with Gasteiger partial charge in [-0.25, -0.2) is 0 Å². The number of benzene rings is 9. The molecule has 0 aliphatic rings. The van der Waals surface area contributed by atoms with Crippen molar-refractivity contribution in [1.82, 2.24) is 0 Å². The van der Waals surface area contributed by atoms with E-state index < -0.39 is 0 Å². The summed E-state index contributed by atoms with van der Waals surface area (Å²) >= 11 is 0. The van der Waals surface area contributed by atoms with Gasteiger partial charge in [0.25, 0.3) is 0 Å². The second-order valence-corrected chi connectivity index (χ2v) is 14.0. The van der Waals surface area contributed by atoms with E-state index >= 15 is 0 Å². The fourth-order valence-electron chi connectivity index (χ4n) is 8.30. The Morgan fingerprint density at radius 2 is 0.873 bits per heavy atom. The molecule has 11 aromatic rings. The standard InChI is InChI=1S/C52H33NO2/c1-2-12-34(13-3-1)35-24-29-38(30-25-35)53(39-31-26-37(27-32-39)41-18-10-20-45-43-17-7-9-23-48(43)54-51(41)45)47-22-8-6-16-42(47)44-19-11-21-46-50-40-15-5-4-14-36(40)28-33-49(50)55-52(44)46/h1-33H. The average Bonchev–Trinajstić information content (AvgIpc) is 3.84. The molecule has 11 rings (SSSR count). The van der Waals surface area contributed by atoms with Gasteiger partial charge in [0, 0.05) is 49.6 Å². The second kappa shape index (κ2) is 12.6. The van der Waals surface area contributed by atoms with Gasteiger partial charge >= 0.3 is 0 Å². The molecule has 0 fully saturated rings. The lowest BCUT2D eigenvalue weighted by atomic mass is 9.97. The molecule has 0 amide bonds. The molecule has 0 aliphatic carbocycles. The van der Waals surface area contributed by atoms with Gasteiger partial charge in [0.05, 0.1) is 5.69 Å². The van der Waals surface area contributed by atoms with Crippen LogP contribution in [0.15, 0.2) is 209 Å². The van der Waals surface area contributed by atoms with Gasteiger partial charge in [-0.05, 0) is 69.9 Å². The first-order valence-corrected chi connectivity index (χ1v) is 18.7. The van der Waals surface area contributed by atoms with E-state index in [1.54, 1.807) is 0 Å². The van der Waals surface area contributed by atoms with Gasteiger partial charge in [-0.1, -0.05) is 158 Å². The maximum Gasteiger partial charge on any atom is 0.143 e. The van der Waals surface area contributed by atoms with Crippen molar-refractivity contribution in [2.75, 3.05) is 4.90 Å². The summed E-state index contributed by atoms with van der Waals surface area (Å²) in [4.78, 5) is 2.35. The van der Waals surface area contributed by atoms with Crippen molar-refractivity contribution < 1.29 is 8.83 Å². The van der Waals surface area contributed by atoms with Crippen LogP contribution in [0.5, 0.6) is 0 Å². The van der Waals surface area contributed by atoms with Crippen molar-refractivity contribution in [3.63, 3.8) is 0 Å². The molecule has 3 nitrogen and oxygen atoms in total. The molecule has 0 atom stereocenters. The summed E-state index contributed by atoms with van der Waals surface area (Å²) < 4.78 is 13.2. The average molecular weight is 704 g/mol. The molecule has 3 heteroatoms. The van der Waals surface area contributed by atoms with Crippen LogP contribution in [0.1, 0.15) is 0 Å². The number of fused-ring (bicyclic) bond motifs is 8. The van der Waals surface area contributed by atoms with Gasteiger partial charge in [-0.15, -0.1) is 0 Å². The Bertz CT molecular complexity index is 3190. The molecule has 0 saturated carbocycles. The van der Waals surface area contributed by atoms with Crippen molar-refractivity contribution in [3.05, 3.63) is 200 Å². The minimum absolute atomic E-state index is 0.884. The van der Waals surface area contributed by atoms with Gasteiger partial charge in [-0.3, -0.25) is 0 Å². The molecular formula is C52H33NO2. The molecule has 258 valence electrons. The maximum atomic E-state index is 6.75. The molecule has 9 aromatic carbocycles. The van der Waals surface area contributed by atoms with Crippen LogP contribution >= 0.6 is 0 Å². The van der Waals surface area contributed by atoms with Gasteiger partial charge in [0.1, 0.15) is 22.3 Å². The number of anilines is 3.